The van der Waals surface area contributed by atoms with E-state index in [0.717, 1.165) is 17.4 Å². The summed E-state index contributed by atoms with van der Waals surface area (Å²) >= 11 is 0. The Labute approximate surface area is 102 Å². The molecule has 0 heterocycles. The molecule has 0 atom stereocenters. The van der Waals surface area contributed by atoms with E-state index in [1.54, 1.807) is 0 Å². The average molecular weight is 224 g/mol. The highest BCUT2D eigenvalue weighted by molar-refractivity contribution is 5.79. The molecule has 86 valence electrons. The molecule has 0 saturated carbocycles. The van der Waals surface area contributed by atoms with E-state index in [-0.39, 0.29) is 0 Å². The highest BCUT2D eigenvalue weighted by Crippen LogP contribution is 2.27. The lowest BCUT2D eigenvalue weighted by molar-refractivity contribution is 0.112. The predicted octanol–water partition coefficient (Wildman–Crippen LogP) is 4.09. The molecule has 2 aromatic carbocycles. The van der Waals surface area contributed by atoms with Crippen LogP contribution in [0.1, 0.15) is 27.0 Å². The van der Waals surface area contributed by atoms with Gasteiger partial charge < -0.3 is 0 Å². The molecule has 0 N–H and O–H groups in total. The SMILES string of the molecule is Cc1ccc(-c2ccc(C=O)cc2C)c(C)c1. The van der Waals surface area contributed by atoms with Gasteiger partial charge in [-0.3, -0.25) is 4.79 Å². The van der Waals surface area contributed by atoms with Crippen LogP contribution in [0.25, 0.3) is 11.1 Å². The van der Waals surface area contributed by atoms with Crippen LogP contribution in [0, 0.1) is 20.8 Å². The molecule has 0 aliphatic heterocycles. The number of benzene rings is 2. The third-order valence-electron chi connectivity index (χ3n) is 3.06. The second kappa shape index (κ2) is 4.54. The Balaban J connectivity index is 2.56. The van der Waals surface area contributed by atoms with E-state index in [0.29, 0.717) is 0 Å². The lowest BCUT2D eigenvalue weighted by atomic mass is 9.94. The number of rotatable bonds is 2. The zero-order chi connectivity index (χ0) is 12.4. The van der Waals surface area contributed by atoms with Crippen LogP contribution in [0.2, 0.25) is 0 Å². The largest absolute Gasteiger partial charge is 0.298 e. The first-order chi connectivity index (χ1) is 8.11. The fourth-order valence-electron chi connectivity index (χ4n) is 2.18. The third kappa shape index (κ3) is 2.28. The van der Waals surface area contributed by atoms with Crippen LogP contribution in [-0.2, 0) is 0 Å². The molecule has 17 heavy (non-hydrogen) atoms. The van der Waals surface area contributed by atoms with Crippen molar-refractivity contribution < 1.29 is 4.79 Å². The number of carbonyl (C=O) groups excluding carboxylic acids is 1. The Morgan fingerprint density at radius 1 is 0.824 bits per heavy atom. The molecule has 0 aromatic heterocycles. The van der Waals surface area contributed by atoms with E-state index >= 15 is 0 Å². The molecule has 2 rings (SSSR count). The lowest BCUT2D eigenvalue weighted by Gasteiger charge is -2.10. The van der Waals surface area contributed by atoms with Crippen molar-refractivity contribution in [2.75, 3.05) is 0 Å². The molecular weight excluding hydrogens is 208 g/mol. The summed E-state index contributed by atoms with van der Waals surface area (Å²) < 4.78 is 0. The average Bonchev–Trinajstić information content (AvgIpc) is 2.30. The number of aldehydes is 1. The summed E-state index contributed by atoms with van der Waals surface area (Å²) in [4.78, 5) is 10.7. The van der Waals surface area contributed by atoms with Gasteiger partial charge >= 0.3 is 0 Å². The van der Waals surface area contributed by atoms with E-state index in [4.69, 9.17) is 0 Å². The molecule has 2 aromatic rings. The van der Waals surface area contributed by atoms with Gasteiger partial charge in [0.25, 0.3) is 0 Å². The molecule has 0 saturated heterocycles. The van der Waals surface area contributed by atoms with Crippen molar-refractivity contribution in [1.29, 1.82) is 0 Å². The van der Waals surface area contributed by atoms with Gasteiger partial charge in [0, 0.05) is 5.56 Å². The standard InChI is InChI=1S/C16H16O/c1-11-4-6-15(12(2)8-11)16-7-5-14(10-17)9-13(16)3/h4-10H,1-3H3. The Morgan fingerprint density at radius 3 is 1.94 bits per heavy atom. The monoisotopic (exact) mass is 224 g/mol. The maximum Gasteiger partial charge on any atom is 0.150 e. The molecule has 1 heteroatoms. The zero-order valence-corrected chi connectivity index (χ0v) is 10.4. The van der Waals surface area contributed by atoms with Crippen LogP contribution >= 0.6 is 0 Å². The van der Waals surface area contributed by atoms with Gasteiger partial charge in [-0.1, -0.05) is 35.9 Å². The first kappa shape index (κ1) is 11.6. The lowest BCUT2D eigenvalue weighted by Crippen LogP contribution is -1.90. The van der Waals surface area contributed by atoms with E-state index in [1.165, 1.54) is 22.3 Å². The number of aryl methyl sites for hydroxylation is 3. The Morgan fingerprint density at radius 2 is 1.41 bits per heavy atom. The van der Waals surface area contributed by atoms with Crippen LogP contribution in [0.5, 0.6) is 0 Å². The quantitative estimate of drug-likeness (QED) is 0.702. The van der Waals surface area contributed by atoms with Crippen molar-refractivity contribution in [1.82, 2.24) is 0 Å². The highest BCUT2D eigenvalue weighted by atomic mass is 16.1. The predicted molar refractivity (Wildman–Crippen MR) is 71.5 cm³/mol. The maximum absolute atomic E-state index is 10.7. The minimum atomic E-state index is 0.732. The fraction of sp³-hybridized carbons (Fsp3) is 0.188. The van der Waals surface area contributed by atoms with Crippen molar-refractivity contribution in [2.45, 2.75) is 20.8 Å². The Hall–Kier alpha value is -1.89. The highest BCUT2D eigenvalue weighted by Gasteiger charge is 2.05. The second-order valence-corrected chi connectivity index (χ2v) is 4.51. The van der Waals surface area contributed by atoms with E-state index in [2.05, 4.69) is 32.0 Å². The zero-order valence-electron chi connectivity index (χ0n) is 10.4. The first-order valence-electron chi connectivity index (χ1n) is 5.75. The van der Waals surface area contributed by atoms with Gasteiger partial charge in [-0.05, 0) is 49.1 Å². The minimum Gasteiger partial charge on any atom is -0.298 e. The number of hydrogen-bond donors (Lipinski definition) is 0. The Bertz CT molecular complexity index is 568. The molecule has 0 radical (unpaired) electrons. The molecule has 0 fully saturated rings. The van der Waals surface area contributed by atoms with Crippen molar-refractivity contribution >= 4 is 6.29 Å². The minimum absolute atomic E-state index is 0.732. The van der Waals surface area contributed by atoms with Crippen molar-refractivity contribution in [3.8, 4) is 11.1 Å². The number of hydrogen-bond acceptors (Lipinski definition) is 1. The molecule has 0 bridgehead atoms. The molecule has 0 amide bonds. The van der Waals surface area contributed by atoms with E-state index in [1.807, 2.05) is 25.1 Å². The van der Waals surface area contributed by atoms with Gasteiger partial charge in [-0.15, -0.1) is 0 Å². The van der Waals surface area contributed by atoms with Gasteiger partial charge in [0.1, 0.15) is 6.29 Å². The van der Waals surface area contributed by atoms with Crippen molar-refractivity contribution in [3.63, 3.8) is 0 Å². The van der Waals surface area contributed by atoms with Crippen LogP contribution in [0.4, 0.5) is 0 Å². The van der Waals surface area contributed by atoms with Crippen molar-refractivity contribution in [3.05, 3.63) is 58.7 Å². The molecule has 0 unspecified atom stereocenters. The normalized spacial score (nSPS) is 10.3. The molecule has 0 aliphatic carbocycles. The van der Waals surface area contributed by atoms with Crippen molar-refractivity contribution in [2.24, 2.45) is 0 Å². The van der Waals surface area contributed by atoms with Gasteiger partial charge in [0.15, 0.2) is 0 Å². The summed E-state index contributed by atoms with van der Waals surface area (Å²) in [6.45, 7) is 6.26. The topological polar surface area (TPSA) is 17.1 Å². The molecular formula is C16H16O. The summed E-state index contributed by atoms with van der Waals surface area (Å²) in [5, 5.41) is 0. The molecule has 0 aliphatic rings. The molecule has 0 spiro atoms. The maximum atomic E-state index is 10.7. The summed E-state index contributed by atoms with van der Waals surface area (Å²) in [7, 11) is 0. The second-order valence-electron chi connectivity index (χ2n) is 4.51. The van der Waals surface area contributed by atoms with E-state index in [9.17, 15) is 4.79 Å². The van der Waals surface area contributed by atoms with Crippen LogP contribution < -0.4 is 0 Å². The summed E-state index contributed by atoms with van der Waals surface area (Å²) in [6, 6.07) is 12.3. The fourth-order valence-corrected chi connectivity index (χ4v) is 2.18. The Kier molecular flexibility index (Phi) is 3.10. The van der Waals surface area contributed by atoms with Gasteiger partial charge in [-0.25, -0.2) is 0 Å². The van der Waals surface area contributed by atoms with Crippen LogP contribution in [-0.4, -0.2) is 6.29 Å². The first-order valence-corrected chi connectivity index (χ1v) is 5.75. The van der Waals surface area contributed by atoms with Gasteiger partial charge in [-0.2, -0.15) is 0 Å². The number of carbonyl (C=O) groups is 1. The summed E-state index contributed by atoms with van der Waals surface area (Å²) in [5.74, 6) is 0. The third-order valence-corrected chi connectivity index (χ3v) is 3.06. The summed E-state index contributed by atoms with van der Waals surface area (Å²) in [6.07, 6.45) is 0.888. The van der Waals surface area contributed by atoms with Crippen LogP contribution in [0.15, 0.2) is 36.4 Å². The van der Waals surface area contributed by atoms with Gasteiger partial charge in [0.2, 0.25) is 0 Å². The van der Waals surface area contributed by atoms with E-state index < -0.39 is 0 Å². The smallest absolute Gasteiger partial charge is 0.150 e. The molecule has 1 nitrogen and oxygen atoms in total. The van der Waals surface area contributed by atoms with Gasteiger partial charge in [0.05, 0.1) is 0 Å². The van der Waals surface area contributed by atoms with Crippen LogP contribution in [0.3, 0.4) is 0 Å². The summed E-state index contributed by atoms with van der Waals surface area (Å²) in [5.41, 5.74) is 6.86.